The number of nitrogens with zero attached hydrogens (tertiary/aromatic N) is 3. The lowest BCUT2D eigenvalue weighted by molar-refractivity contribution is -0.118. The van der Waals surface area contributed by atoms with Gasteiger partial charge in [0.05, 0.1) is 18.4 Å². The van der Waals surface area contributed by atoms with Gasteiger partial charge in [0.1, 0.15) is 0 Å². The van der Waals surface area contributed by atoms with Crippen LogP contribution in [0.2, 0.25) is 0 Å². The van der Waals surface area contributed by atoms with Crippen LogP contribution in [-0.2, 0) is 17.8 Å². The summed E-state index contributed by atoms with van der Waals surface area (Å²) in [5.41, 5.74) is 2.44. The monoisotopic (exact) mass is 255 g/mol. The Morgan fingerprint density at radius 2 is 2.11 bits per heavy atom. The van der Waals surface area contributed by atoms with Gasteiger partial charge in [-0.3, -0.25) is 10.1 Å². The second-order valence-corrected chi connectivity index (χ2v) is 4.36. The first-order valence-electron chi connectivity index (χ1n) is 6.07. The van der Waals surface area contributed by atoms with Gasteiger partial charge in [0.25, 0.3) is 0 Å². The van der Waals surface area contributed by atoms with E-state index in [-0.39, 0.29) is 17.9 Å². The van der Waals surface area contributed by atoms with Crippen molar-refractivity contribution >= 4 is 11.9 Å². The van der Waals surface area contributed by atoms with E-state index in [9.17, 15) is 4.79 Å². The molecule has 6 heteroatoms. The number of anilines is 1. The fraction of sp³-hybridized carbons (Fsp3) is 0.231. The predicted octanol–water partition coefficient (Wildman–Crippen LogP) is 0.525. The Labute approximate surface area is 110 Å². The molecule has 1 aliphatic rings. The Hall–Kier alpha value is -2.34. The number of aromatic nitrogens is 3. The Kier molecular flexibility index (Phi) is 3.16. The van der Waals surface area contributed by atoms with Crippen molar-refractivity contribution in [3.8, 4) is 0 Å². The van der Waals surface area contributed by atoms with Gasteiger partial charge in [-0.1, -0.05) is 24.3 Å². The summed E-state index contributed by atoms with van der Waals surface area (Å²) in [6.07, 6.45) is 3.62. The molecule has 1 aromatic heterocycles. The van der Waals surface area contributed by atoms with Crippen LogP contribution in [0.4, 0.5) is 5.95 Å². The van der Waals surface area contributed by atoms with Crippen molar-refractivity contribution in [3.63, 3.8) is 0 Å². The van der Waals surface area contributed by atoms with E-state index in [4.69, 9.17) is 0 Å². The summed E-state index contributed by atoms with van der Waals surface area (Å²) < 4.78 is 0. The van der Waals surface area contributed by atoms with Gasteiger partial charge in [-0.15, -0.1) is 5.10 Å². The molecule has 19 heavy (non-hydrogen) atoms. The highest BCUT2D eigenvalue weighted by atomic mass is 16.2. The van der Waals surface area contributed by atoms with Crippen molar-refractivity contribution in [2.24, 2.45) is 0 Å². The first-order chi connectivity index (χ1) is 9.33. The van der Waals surface area contributed by atoms with Crippen molar-refractivity contribution in [3.05, 3.63) is 47.8 Å². The summed E-state index contributed by atoms with van der Waals surface area (Å²) in [7, 11) is 0. The third-order valence-electron chi connectivity index (χ3n) is 3.12. The maximum Gasteiger partial charge on any atom is 0.249 e. The van der Waals surface area contributed by atoms with Crippen molar-refractivity contribution in [1.29, 1.82) is 0 Å². The fourth-order valence-electron chi connectivity index (χ4n) is 2.14. The molecule has 0 spiro atoms. The van der Waals surface area contributed by atoms with Crippen molar-refractivity contribution in [2.75, 3.05) is 5.32 Å². The molecule has 1 aliphatic heterocycles. The molecule has 1 atom stereocenters. The molecule has 2 heterocycles. The van der Waals surface area contributed by atoms with Gasteiger partial charge in [0.2, 0.25) is 11.9 Å². The second-order valence-electron chi connectivity index (χ2n) is 4.36. The molecule has 2 N–H and O–H groups in total. The molecule has 96 valence electrons. The number of hydrogen-bond acceptors (Lipinski definition) is 5. The summed E-state index contributed by atoms with van der Waals surface area (Å²) in [6.45, 7) is 0.697. The molecule has 0 saturated carbocycles. The predicted molar refractivity (Wildman–Crippen MR) is 69.2 cm³/mol. The molecular weight excluding hydrogens is 242 g/mol. The summed E-state index contributed by atoms with van der Waals surface area (Å²) in [5, 5.41) is 13.3. The standard InChI is InChI=1S/C13H13N5O/c19-12(17-13-14-5-6-16-18-13)11-7-9-3-1-2-4-10(9)8-15-11/h1-6,11,15H,7-8H2,(H,14,17,18,19)/t11-/m0/s1. The summed E-state index contributed by atoms with van der Waals surface area (Å²) in [5.74, 6) is 0.0932. The number of carbonyl (C=O) groups excluding carboxylic acids is 1. The molecule has 1 amide bonds. The minimum Gasteiger partial charge on any atom is -0.301 e. The molecule has 1 aromatic carbocycles. The Balaban J connectivity index is 1.70. The van der Waals surface area contributed by atoms with Crippen LogP contribution >= 0.6 is 0 Å². The maximum atomic E-state index is 12.1. The van der Waals surface area contributed by atoms with Gasteiger partial charge in [0, 0.05) is 6.54 Å². The summed E-state index contributed by atoms with van der Waals surface area (Å²) >= 11 is 0. The molecule has 0 aliphatic carbocycles. The van der Waals surface area contributed by atoms with E-state index in [0.717, 1.165) is 0 Å². The Bertz CT molecular complexity index is 587. The normalized spacial score (nSPS) is 17.6. The molecule has 2 aromatic rings. The van der Waals surface area contributed by atoms with Gasteiger partial charge >= 0.3 is 0 Å². The lowest BCUT2D eigenvalue weighted by Gasteiger charge is -2.24. The average molecular weight is 255 g/mol. The maximum absolute atomic E-state index is 12.1. The zero-order valence-electron chi connectivity index (χ0n) is 10.2. The van der Waals surface area contributed by atoms with Crippen LogP contribution in [0.5, 0.6) is 0 Å². The van der Waals surface area contributed by atoms with Crippen LogP contribution in [0.3, 0.4) is 0 Å². The lowest BCUT2D eigenvalue weighted by Crippen LogP contribution is -2.44. The van der Waals surface area contributed by atoms with Crippen LogP contribution in [-0.4, -0.2) is 27.1 Å². The number of fused-ring (bicyclic) bond motifs is 1. The third kappa shape index (κ3) is 2.58. The van der Waals surface area contributed by atoms with Crippen LogP contribution in [0.1, 0.15) is 11.1 Å². The molecule has 0 bridgehead atoms. The van der Waals surface area contributed by atoms with E-state index in [1.54, 1.807) is 0 Å². The minimum absolute atomic E-state index is 0.137. The number of carbonyl (C=O) groups is 1. The van der Waals surface area contributed by atoms with Gasteiger partial charge in [-0.25, -0.2) is 4.98 Å². The highest BCUT2D eigenvalue weighted by Gasteiger charge is 2.24. The number of benzene rings is 1. The van der Waals surface area contributed by atoms with Gasteiger partial charge in [0.15, 0.2) is 0 Å². The Morgan fingerprint density at radius 1 is 1.26 bits per heavy atom. The zero-order valence-corrected chi connectivity index (χ0v) is 10.2. The van der Waals surface area contributed by atoms with E-state index in [2.05, 4.69) is 37.9 Å². The van der Waals surface area contributed by atoms with Crippen LogP contribution in [0.15, 0.2) is 36.7 Å². The first kappa shape index (κ1) is 11.7. The lowest BCUT2D eigenvalue weighted by atomic mass is 9.95. The fourth-order valence-corrected chi connectivity index (χ4v) is 2.14. The number of nitrogens with one attached hydrogen (secondary N) is 2. The highest BCUT2D eigenvalue weighted by molar-refractivity contribution is 5.93. The molecule has 0 radical (unpaired) electrons. The van der Waals surface area contributed by atoms with E-state index in [0.29, 0.717) is 13.0 Å². The number of rotatable bonds is 2. The van der Waals surface area contributed by atoms with Crippen LogP contribution in [0.25, 0.3) is 0 Å². The van der Waals surface area contributed by atoms with E-state index < -0.39 is 0 Å². The second kappa shape index (κ2) is 5.11. The summed E-state index contributed by atoms with van der Waals surface area (Å²) in [4.78, 5) is 16.0. The smallest absolute Gasteiger partial charge is 0.249 e. The van der Waals surface area contributed by atoms with E-state index in [1.165, 1.54) is 23.5 Å². The minimum atomic E-state index is -0.265. The van der Waals surface area contributed by atoms with Crippen LogP contribution < -0.4 is 10.6 Å². The molecular formula is C13H13N5O. The molecule has 3 rings (SSSR count). The number of hydrogen-bond donors (Lipinski definition) is 2. The highest BCUT2D eigenvalue weighted by Crippen LogP contribution is 2.16. The van der Waals surface area contributed by atoms with E-state index in [1.807, 2.05) is 12.1 Å². The number of amides is 1. The third-order valence-corrected chi connectivity index (χ3v) is 3.12. The van der Waals surface area contributed by atoms with Crippen LogP contribution in [0, 0.1) is 0 Å². The van der Waals surface area contributed by atoms with Crippen molar-refractivity contribution in [1.82, 2.24) is 20.5 Å². The van der Waals surface area contributed by atoms with E-state index >= 15 is 0 Å². The molecule has 0 fully saturated rings. The average Bonchev–Trinajstić information content (AvgIpc) is 2.48. The first-order valence-corrected chi connectivity index (χ1v) is 6.07. The molecule has 0 unspecified atom stereocenters. The summed E-state index contributed by atoms with van der Waals surface area (Å²) in [6, 6.07) is 7.85. The van der Waals surface area contributed by atoms with Crippen molar-refractivity contribution < 1.29 is 4.79 Å². The SMILES string of the molecule is O=C(Nc1nccnn1)[C@@H]1Cc2ccccc2CN1. The largest absolute Gasteiger partial charge is 0.301 e. The zero-order chi connectivity index (χ0) is 13.1. The molecule has 6 nitrogen and oxygen atoms in total. The van der Waals surface area contributed by atoms with Gasteiger partial charge in [-0.2, -0.15) is 5.10 Å². The van der Waals surface area contributed by atoms with Gasteiger partial charge in [-0.05, 0) is 17.5 Å². The Morgan fingerprint density at radius 3 is 2.89 bits per heavy atom. The van der Waals surface area contributed by atoms with Gasteiger partial charge < -0.3 is 5.32 Å². The molecule has 0 saturated heterocycles. The topological polar surface area (TPSA) is 79.8 Å². The van der Waals surface area contributed by atoms with Crippen molar-refractivity contribution in [2.45, 2.75) is 19.0 Å². The quantitative estimate of drug-likeness (QED) is 0.818.